The number of nitrogens with one attached hydrogen (secondary N) is 2. The maximum absolute atomic E-state index is 12.7. The summed E-state index contributed by atoms with van der Waals surface area (Å²) in [6, 6.07) is 12.8. The Morgan fingerprint density at radius 2 is 1.75 bits per heavy atom. The van der Waals surface area contributed by atoms with Crippen molar-refractivity contribution in [3.8, 4) is 17.2 Å². The molecule has 172 valence electrons. The number of piperazine rings is 1. The van der Waals surface area contributed by atoms with Crippen LogP contribution in [-0.2, 0) is 22.7 Å². The van der Waals surface area contributed by atoms with Crippen molar-refractivity contribution in [2.24, 2.45) is 0 Å². The third-order valence-electron chi connectivity index (χ3n) is 5.34. The van der Waals surface area contributed by atoms with Crippen molar-refractivity contribution in [2.75, 3.05) is 33.9 Å². The minimum Gasteiger partial charge on any atom is -0.497 e. The average molecular weight is 442 g/mol. The second-order valence-electron chi connectivity index (χ2n) is 7.56. The quantitative estimate of drug-likeness (QED) is 0.587. The number of nitrogens with zero attached hydrogens (tertiary/aromatic N) is 1. The molecule has 0 radical (unpaired) electrons. The van der Waals surface area contributed by atoms with E-state index in [9.17, 15) is 9.59 Å². The van der Waals surface area contributed by atoms with E-state index in [1.165, 1.54) is 0 Å². The molecule has 0 aromatic heterocycles. The van der Waals surface area contributed by atoms with E-state index < -0.39 is 6.04 Å². The first-order valence-electron chi connectivity index (χ1n) is 10.7. The highest BCUT2D eigenvalue weighted by atomic mass is 16.5. The molecule has 1 atom stereocenters. The molecular formula is C24H31N3O5. The molecular weight excluding hydrogens is 410 g/mol. The van der Waals surface area contributed by atoms with Crippen molar-refractivity contribution in [1.82, 2.24) is 15.5 Å². The third kappa shape index (κ3) is 6.37. The van der Waals surface area contributed by atoms with Gasteiger partial charge < -0.3 is 24.8 Å². The molecule has 0 bridgehead atoms. The van der Waals surface area contributed by atoms with Crippen LogP contribution >= 0.6 is 0 Å². The van der Waals surface area contributed by atoms with Gasteiger partial charge in [-0.3, -0.25) is 14.5 Å². The van der Waals surface area contributed by atoms with Crippen LogP contribution in [0.15, 0.2) is 42.5 Å². The topological polar surface area (TPSA) is 89.1 Å². The van der Waals surface area contributed by atoms with Gasteiger partial charge in [-0.1, -0.05) is 12.1 Å². The van der Waals surface area contributed by atoms with Gasteiger partial charge >= 0.3 is 0 Å². The van der Waals surface area contributed by atoms with Crippen LogP contribution in [0, 0.1) is 0 Å². The zero-order valence-electron chi connectivity index (χ0n) is 18.8. The largest absolute Gasteiger partial charge is 0.497 e. The molecule has 1 fully saturated rings. The molecule has 3 rings (SSSR count). The summed E-state index contributed by atoms with van der Waals surface area (Å²) < 4.78 is 16.0. The lowest BCUT2D eigenvalue weighted by Crippen LogP contribution is -2.56. The number of hydrogen-bond acceptors (Lipinski definition) is 6. The fourth-order valence-electron chi connectivity index (χ4n) is 3.68. The summed E-state index contributed by atoms with van der Waals surface area (Å²) in [7, 11) is 3.16. The van der Waals surface area contributed by atoms with E-state index in [0.717, 1.165) is 16.9 Å². The van der Waals surface area contributed by atoms with Crippen LogP contribution in [0.2, 0.25) is 0 Å². The summed E-state index contributed by atoms with van der Waals surface area (Å²) in [5, 5.41) is 5.77. The molecule has 2 amide bonds. The van der Waals surface area contributed by atoms with Crippen molar-refractivity contribution in [2.45, 2.75) is 32.5 Å². The monoisotopic (exact) mass is 441 g/mol. The Morgan fingerprint density at radius 1 is 1.06 bits per heavy atom. The molecule has 8 heteroatoms. The van der Waals surface area contributed by atoms with Gasteiger partial charge in [0.2, 0.25) is 11.8 Å². The Hall–Kier alpha value is -3.26. The third-order valence-corrected chi connectivity index (χ3v) is 5.34. The van der Waals surface area contributed by atoms with Crippen LogP contribution in [0.4, 0.5) is 0 Å². The molecule has 0 aliphatic carbocycles. The van der Waals surface area contributed by atoms with E-state index in [2.05, 4.69) is 10.6 Å². The van der Waals surface area contributed by atoms with Crippen molar-refractivity contribution in [3.63, 3.8) is 0 Å². The van der Waals surface area contributed by atoms with E-state index in [1.807, 2.05) is 48.2 Å². The number of carbonyl (C=O) groups is 2. The van der Waals surface area contributed by atoms with Crippen LogP contribution in [0.1, 0.15) is 24.5 Å². The molecule has 1 heterocycles. The number of benzene rings is 2. The van der Waals surface area contributed by atoms with Crippen LogP contribution < -0.4 is 24.8 Å². The van der Waals surface area contributed by atoms with Gasteiger partial charge in [-0.25, -0.2) is 0 Å². The molecule has 1 unspecified atom stereocenters. The summed E-state index contributed by atoms with van der Waals surface area (Å²) in [6.07, 6.45) is 0.0873. The first kappa shape index (κ1) is 23.4. The fourth-order valence-corrected chi connectivity index (χ4v) is 3.68. The zero-order valence-corrected chi connectivity index (χ0v) is 18.8. The number of hydrogen-bond donors (Lipinski definition) is 2. The maximum atomic E-state index is 12.7. The van der Waals surface area contributed by atoms with Crippen molar-refractivity contribution in [1.29, 1.82) is 0 Å². The predicted molar refractivity (Wildman–Crippen MR) is 121 cm³/mol. The molecule has 2 aromatic carbocycles. The summed E-state index contributed by atoms with van der Waals surface area (Å²) >= 11 is 0. The van der Waals surface area contributed by atoms with Gasteiger partial charge in [0.25, 0.3) is 0 Å². The van der Waals surface area contributed by atoms with Crippen molar-refractivity contribution < 1.29 is 23.8 Å². The lowest BCUT2D eigenvalue weighted by molar-refractivity contribution is -0.134. The van der Waals surface area contributed by atoms with E-state index in [1.54, 1.807) is 20.3 Å². The van der Waals surface area contributed by atoms with E-state index >= 15 is 0 Å². The van der Waals surface area contributed by atoms with Crippen LogP contribution in [-0.4, -0.2) is 56.7 Å². The first-order valence-corrected chi connectivity index (χ1v) is 10.7. The second kappa shape index (κ2) is 11.4. The lowest BCUT2D eigenvalue weighted by atomic mass is 10.1. The van der Waals surface area contributed by atoms with Gasteiger partial charge in [-0.2, -0.15) is 0 Å². The fraction of sp³-hybridized carbons (Fsp3) is 0.417. The molecule has 1 aliphatic rings. The van der Waals surface area contributed by atoms with Crippen LogP contribution in [0.25, 0.3) is 0 Å². The van der Waals surface area contributed by atoms with Gasteiger partial charge in [0.05, 0.1) is 33.3 Å². The highest BCUT2D eigenvalue weighted by Crippen LogP contribution is 2.22. The number of rotatable bonds is 10. The van der Waals surface area contributed by atoms with E-state index in [0.29, 0.717) is 44.3 Å². The lowest BCUT2D eigenvalue weighted by Gasteiger charge is -2.34. The maximum Gasteiger partial charge on any atom is 0.237 e. The zero-order chi connectivity index (χ0) is 22.9. The Morgan fingerprint density at radius 3 is 2.38 bits per heavy atom. The standard InChI is InChI=1S/C24H31N3O5/c1-4-32-19-7-5-17(6-8-19)16-27-10-9-25-24(29)22(27)14-23(28)26-15-18-11-20(30-2)13-21(12-18)31-3/h5-8,11-13,22H,4,9-10,14-16H2,1-3H3,(H,25,29)(H,26,28). The Bertz CT molecular complexity index is 894. The first-order chi connectivity index (χ1) is 15.5. The molecule has 8 nitrogen and oxygen atoms in total. The highest BCUT2D eigenvalue weighted by Gasteiger charge is 2.31. The summed E-state index contributed by atoms with van der Waals surface area (Å²) in [5.41, 5.74) is 1.92. The smallest absolute Gasteiger partial charge is 0.237 e. The molecule has 2 N–H and O–H groups in total. The molecule has 0 saturated carbocycles. The van der Waals surface area contributed by atoms with Gasteiger partial charge in [0, 0.05) is 32.2 Å². The van der Waals surface area contributed by atoms with Crippen molar-refractivity contribution >= 4 is 11.8 Å². The van der Waals surface area contributed by atoms with Gasteiger partial charge in [0.1, 0.15) is 17.2 Å². The van der Waals surface area contributed by atoms with Crippen LogP contribution in [0.5, 0.6) is 17.2 Å². The van der Waals surface area contributed by atoms with E-state index in [-0.39, 0.29) is 18.2 Å². The molecule has 32 heavy (non-hydrogen) atoms. The molecule has 1 saturated heterocycles. The number of methoxy groups -OCH3 is 2. The number of amides is 2. The van der Waals surface area contributed by atoms with Gasteiger partial charge in [-0.05, 0) is 42.3 Å². The molecule has 1 aliphatic heterocycles. The Labute approximate surface area is 188 Å². The second-order valence-corrected chi connectivity index (χ2v) is 7.56. The Kier molecular flexibility index (Phi) is 8.33. The van der Waals surface area contributed by atoms with Crippen molar-refractivity contribution in [3.05, 3.63) is 53.6 Å². The SMILES string of the molecule is CCOc1ccc(CN2CCNC(=O)C2CC(=O)NCc2cc(OC)cc(OC)c2)cc1. The normalized spacial score (nSPS) is 16.2. The summed E-state index contributed by atoms with van der Waals surface area (Å²) in [5.74, 6) is 1.81. The summed E-state index contributed by atoms with van der Waals surface area (Å²) in [4.78, 5) is 27.2. The minimum absolute atomic E-state index is 0.0873. The molecule has 2 aromatic rings. The van der Waals surface area contributed by atoms with Gasteiger partial charge in [-0.15, -0.1) is 0 Å². The number of ether oxygens (including phenoxy) is 3. The van der Waals surface area contributed by atoms with Gasteiger partial charge in [0.15, 0.2) is 0 Å². The predicted octanol–water partition coefficient (Wildman–Crippen LogP) is 2.11. The Balaban J connectivity index is 1.60. The van der Waals surface area contributed by atoms with Crippen LogP contribution in [0.3, 0.4) is 0 Å². The molecule has 0 spiro atoms. The average Bonchev–Trinajstić information content (AvgIpc) is 2.81. The number of carbonyl (C=O) groups excluding carboxylic acids is 2. The highest BCUT2D eigenvalue weighted by molar-refractivity contribution is 5.88. The van der Waals surface area contributed by atoms with E-state index in [4.69, 9.17) is 14.2 Å². The summed E-state index contributed by atoms with van der Waals surface area (Å²) in [6.45, 7) is 4.72. The minimum atomic E-state index is -0.518.